The van der Waals surface area contributed by atoms with Crippen LogP contribution in [-0.4, -0.2) is 33.7 Å². The molecule has 14 heteroatoms. The average Bonchev–Trinajstić information content (AvgIpc) is 2.54. The van der Waals surface area contributed by atoms with Gasteiger partial charge in [0.2, 0.25) is 5.88 Å². The zero-order chi connectivity index (χ0) is 17.3. The van der Waals surface area contributed by atoms with E-state index in [2.05, 4.69) is 19.3 Å². The molecular formula is C8H5F7N2O5. The summed E-state index contributed by atoms with van der Waals surface area (Å²) in [6.07, 6.45) is -18.6. The van der Waals surface area contributed by atoms with Crippen LogP contribution < -0.4 is 4.74 Å². The maximum Gasteiger partial charge on any atom is 0.529 e. The van der Waals surface area contributed by atoms with Crippen molar-refractivity contribution < 1.29 is 54.8 Å². The second-order valence-electron chi connectivity index (χ2n) is 3.49. The number of hydrogen-bond acceptors (Lipinski definition) is 5. The molecule has 1 aromatic rings. The molecule has 0 saturated carbocycles. The fourth-order valence-electron chi connectivity index (χ4n) is 1.13. The van der Waals surface area contributed by atoms with Crippen LogP contribution in [0.1, 0.15) is 5.69 Å². The van der Waals surface area contributed by atoms with Gasteiger partial charge in [0.1, 0.15) is 0 Å². The number of hydrogen-bond donors (Lipinski definition) is 1. The van der Waals surface area contributed by atoms with Crippen LogP contribution in [0.5, 0.6) is 5.88 Å². The summed E-state index contributed by atoms with van der Waals surface area (Å²) in [5.74, 6) is -0.814. The number of halogens is 7. The highest BCUT2D eigenvalue weighted by molar-refractivity contribution is 5.60. The molecule has 0 spiro atoms. The van der Waals surface area contributed by atoms with Crippen molar-refractivity contribution in [3.8, 4) is 5.88 Å². The molecule has 22 heavy (non-hydrogen) atoms. The van der Waals surface area contributed by atoms with E-state index < -0.39 is 36.5 Å². The Hall–Kier alpha value is -2.09. The van der Waals surface area contributed by atoms with Gasteiger partial charge in [-0.15, -0.1) is 22.0 Å². The lowest BCUT2D eigenvalue weighted by molar-refractivity contribution is -0.537. The highest BCUT2D eigenvalue weighted by Crippen LogP contribution is 2.39. The Morgan fingerprint density at radius 1 is 1.18 bits per heavy atom. The minimum Gasteiger partial charge on any atom is -0.449 e. The molecule has 0 saturated heterocycles. The van der Waals surface area contributed by atoms with E-state index in [-0.39, 0.29) is 6.07 Å². The van der Waals surface area contributed by atoms with Crippen molar-refractivity contribution in [3.05, 3.63) is 11.8 Å². The summed E-state index contributed by atoms with van der Waals surface area (Å²) in [5.41, 5.74) is -1.63. The summed E-state index contributed by atoms with van der Waals surface area (Å²) in [5, 5.41) is 11.2. The maximum absolute atomic E-state index is 13.3. The van der Waals surface area contributed by atoms with Crippen molar-refractivity contribution in [2.45, 2.75) is 18.8 Å². The second-order valence-corrected chi connectivity index (χ2v) is 3.49. The van der Waals surface area contributed by atoms with Gasteiger partial charge < -0.3 is 9.84 Å². The van der Waals surface area contributed by atoms with E-state index in [0.717, 1.165) is 7.05 Å². The first-order valence-electron chi connectivity index (χ1n) is 4.90. The van der Waals surface area contributed by atoms with E-state index in [1.54, 1.807) is 0 Å². The molecule has 1 heterocycles. The third-order valence-electron chi connectivity index (χ3n) is 1.81. The Morgan fingerprint density at radius 3 is 2.18 bits per heavy atom. The first-order chi connectivity index (χ1) is 9.72. The molecule has 0 radical (unpaired) electrons. The molecular weight excluding hydrogens is 337 g/mol. The predicted octanol–water partition coefficient (Wildman–Crippen LogP) is 2.63. The Balaban J connectivity index is 2.97. The number of aromatic nitrogens is 2. The Labute approximate surface area is 115 Å². The SMILES string of the molecule is Cn1nc(C(F)(F)OC(F)(F)OC(F)(F)F)cc1OC(=O)O. The van der Waals surface area contributed by atoms with Gasteiger partial charge in [-0.3, -0.25) is 0 Å². The van der Waals surface area contributed by atoms with Crippen molar-refractivity contribution in [2.24, 2.45) is 7.05 Å². The summed E-state index contributed by atoms with van der Waals surface area (Å²) in [6, 6.07) is 0.178. The first-order valence-corrected chi connectivity index (χ1v) is 4.90. The Kier molecular flexibility index (Phi) is 4.57. The number of carbonyl (C=O) groups is 1. The molecule has 0 atom stereocenters. The van der Waals surface area contributed by atoms with Crippen LogP contribution in [-0.2, 0) is 22.6 Å². The molecule has 0 aliphatic heterocycles. The average molecular weight is 342 g/mol. The van der Waals surface area contributed by atoms with Crippen LogP contribution in [0.4, 0.5) is 35.5 Å². The van der Waals surface area contributed by atoms with Gasteiger partial charge in [-0.2, -0.15) is 18.6 Å². The lowest BCUT2D eigenvalue weighted by atomic mass is 10.4. The summed E-state index contributed by atoms with van der Waals surface area (Å²) in [6.45, 7) is 0. The van der Waals surface area contributed by atoms with Crippen molar-refractivity contribution in [3.63, 3.8) is 0 Å². The minimum absolute atomic E-state index is 0.178. The smallest absolute Gasteiger partial charge is 0.449 e. The summed E-state index contributed by atoms with van der Waals surface area (Å²) in [7, 11) is 0.905. The monoisotopic (exact) mass is 342 g/mol. The summed E-state index contributed by atoms with van der Waals surface area (Å²) < 4.78 is 95.8. The van der Waals surface area contributed by atoms with Crippen molar-refractivity contribution in [2.75, 3.05) is 0 Å². The van der Waals surface area contributed by atoms with Crippen LogP contribution in [0.2, 0.25) is 0 Å². The van der Waals surface area contributed by atoms with Crippen molar-refractivity contribution >= 4 is 6.16 Å². The molecule has 1 rings (SSSR count). The molecule has 1 aromatic heterocycles. The van der Waals surface area contributed by atoms with E-state index >= 15 is 0 Å². The quantitative estimate of drug-likeness (QED) is 0.503. The topological polar surface area (TPSA) is 82.8 Å². The first kappa shape index (κ1) is 18.0. The van der Waals surface area contributed by atoms with Gasteiger partial charge in [-0.1, -0.05) is 0 Å². The zero-order valence-corrected chi connectivity index (χ0v) is 10.2. The molecule has 0 unspecified atom stereocenters. The fourth-order valence-corrected chi connectivity index (χ4v) is 1.13. The van der Waals surface area contributed by atoms with E-state index in [4.69, 9.17) is 5.11 Å². The third kappa shape index (κ3) is 5.03. The molecule has 1 N–H and O–H groups in total. The standard InChI is InChI=1S/C8H5F7N2O5/c1-17-4(20-5(18)19)2-3(16-17)6(9,10)21-8(14,15)22-7(11,12)13/h2H,1H3,(H,18,19). The normalized spacial score (nSPS) is 13.3. The molecule has 0 fully saturated rings. The molecule has 0 amide bonds. The van der Waals surface area contributed by atoms with Crippen molar-refractivity contribution in [1.82, 2.24) is 9.78 Å². The van der Waals surface area contributed by atoms with Crippen LogP contribution >= 0.6 is 0 Å². The lowest BCUT2D eigenvalue weighted by Crippen LogP contribution is -2.38. The summed E-state index contributed by atoms with van der Waals surface area (Å²) in [4.78, 5) is 10.2. The maximum atomic E-state index is 13.3. The zero-order valence-electron chi connectivity index (χ0n) is 10.2. The molecule has 0 bridgehead atoms. The largest absolute Gasteiger partial charge is 0.529 e. The number of alkyl halides is 7. The van der Waals surface area contributed by atoms with E-state index in [0.29, 0.717) is 4.68 Å². The molecule has 0 aliphatic carbocycles. The number of ether oxygens (including phenoxy) is 3. The number of nitrogens with zero attached hydrogens (tertiary/aromatic N) is 2. The van der Waals surface area contributed by atoms with Gasteiger partial charge in [0.15, 0.2) is 5.69 Å². The Bertz CT molecular complexity index is 556. The van der Waals surface area contributed by atoms with Crippen molar-refractivity contribution in [1.29, 1.82) is 0 Å². The van der Waals surface area contributed by atoms with Gasteiger partial charge in [0.25, 0.3) is 0 Å². The van der Waals surface area contributed by atoms with Gasteiger partial charge in [0.05, 0.1) is 0 Å². The van der Waals surface area contributed by atoms with Crippen LogP contribution in [0.15, 0.2) is 6.07 Å². The second kappa shape index (κ2) is 5.60. The van der Waals surface area contributed by atoms with E-state index in [1.807, 2.05) is 0 Å². The third-order valence-corrected chi connectivity index (χ3v) is 1.81. The number of carboxylic acid groups (broad SMARTS) is 1. The van der Waals surface area contributed by atoms with Crippen LogP contribution in [0, 0.1) is 0 Å². The van der Waals surface area contributed by atoms with Crippen LogP contribution in [0.3, 0.4) is 0 Å². The number of rotatable bonds is 5. The van der Waals surface area contributed by atoms with Gasteiger partial charge >= 0.3 is 24.9 Å². The minimum atomic E-state index is -5.94. The Morgan fingerprint density at radius 2 is 1.73 bits per heavy atom. The van der Waals surface area contributed by atoms with Gasteiger partial charge in [0, 0.05) is 13.1 Å². The number of aryl methyl sites for hydroxylation is 1. The fraction of sp³-hybridized carbons (Fsp3) is 0.500. The van der Waals surface area contributed by atoms with Gasteiger partial charge in [-0.05, 0) is 0 Å². The highest BCUT2D eigenvalue weighted by Gasteiger charge is 2.54. The van der Waals surface area contributed by atoms with E-state index in [1.165, 1.54) is 0 Å². The lowest BCUT2D eigenvalue weighted by Gasteiger charge is -2.22. The van der Waals surface area contributed by atoms with E-state index in [9.17, 15) is 35.5 Å². The van der Waals surface area contributed by atoms with Crippen LogP contribution in [0.25, 0.3) is 0 Å². The summed E-state index contributed by atoms with van der Waals surface area (Å²) >= 11 is 0. The predicted molar refractivity (Wildman–Crippen MR) is 48.9 cm³/mol. The van der Waals surface area contributed by atoms with Gasteiger partial charge in [-0.25, -0.2) is 14.2 Å². The highest BCUT2D eigenvalue weighted by atomic mass is 19.4. The molecule has 0 aromatic carbocycles. The molecule has 126 valence electrons. The molecule has 7 nitrogen and oxygen atoms in total. The molecule has 0 aliphatic rings.